The van der Waals surface area contributed by atoms with Crippen molar-refractivity contribution in [1.82, 2.24) is 4.90 Å². The van der Waals surface area contributed by atoms with Crippen molar-refractivity contribution in [3.05, 3.63) is 39.4 Å². The number of nitrogens with zero attached hydrogens (tertiary/aromatic N) is 2. The maximum atomic E-state index is 13.8. The Balaban J connectivity index is 2.31. The van der Waals surface area contributed by atoms with E-state index in [-0.39, 0.29) is 12.1 Å². The van der Waals surface area contributed by atoms with Gasteiger partial charge in [-0.25, -0.2) is 4.39 Å². The minimum Gasteiger partial charge on any atom is -0.376 e. The zero-order valence-corrected chi connectivity index (χ0v) is 11.5. The normalized spacial score (nSPS) is 21.3. The van der Waals surface area contributed by atoms with Crippen LogP contribution in [0.15, 0.2) is 12.1 Å². The number of benzene rings is 1. The number of hydrogen-bond acceptors (Lipinski definition) is 4. The monoisotopic (exact) mass is 300 g/mol. The number of carbonyl (C=O) groups is 1. The lowest BCUT2D eigenvalue weighted by Crippen LogP contribution is -2.41. The molecule has 0 N–H and O–H groups in total. The number of ether oxygens (including phenoxy) is 1. The number of likely N-dealkylation sites (N-methyl/N-ethyl adjacent to an activating group) is 1. The molecule has 1 heterocycles. The molecule has 0 bridgehead atoms. The molecule has 1 aromatic carbocycles. The van der Waals surface area contributed by atoms with Crippen LogP contribution in [-0.2, 0) is 4.74 Å². The first-order valence-corrected chi connectivity index (χ1v) is 6.35. The lowest BCUT2D eigenvalue weighted by Gasteiger charge is -2.26. The first-order chi connectivity index (χ1) is 9.82. The zero-order chi connectivity index (χ0) is 15.7. The van der Waals surface area contributed by atoms with Crippen LogP contribution < -0.4 is 0 Å². The number of carbonyl (C=O) groups excluding carboxylic acids is 1. The highest BCUT2D eigenvalue weighted by molar-refractivity contribution is 5.94. The van der Waals surface area contributed by atoms with Gasteiger partial charge in [-0.1, -0.05) is 0 Å². The number of rotatable bonds is 3. The van der Waals surface area contributed by atoms with Crippen LogP contribution in [0.4, 0.5) is 14.5 Å². The van der Waals surface area contributed by atoms with E-state index in [2.05, 4.69) is 0 Å². The summed E-state index contributed by atoms with van der Waals surface area (Å²) in [7, 11) is 1.47. The van der Waals surface area contributed by atoms with E-state index in [1.165, 1.54) is 11.9 Å². The molecule has 1 saturated heterocycles. The summed E-state index contributed by atoms with van der Waals surface area (Å²) in [4.78, 5) is 23.0. The second-order valence-corrected chi connectivity index (χ2v) is 4.89. The van der Waals surface area contributed by atoms with Crippen molar-refractivity contribution in [2.75, 3.05) is 13.7 Å². The molecule has 0 spiro atoms. The smallest absolute Gasteiger partial charge is 0.307 e. The Hall–Kier alpha value is -2.09. The molecular formula is C13H14F2N2O4. The molecule has 2 unspecified atom stereocenters. The van der Waals surface area contributed by atoms with Crippen LogP contribution in [0.2, 0.25) is 0 Å². The molecule has 0 radical (unpaired) electrons. The van der Waals surface area contributed by atoms with Gasteiger partial charge >= 0.3 is 5.69 Å². The van der Waals surface area contributed by atoms with Crippen LogP contribution in [0.1, 0.15) is 23.7 Å². The second-order valence-electron chi connectivity index (χ2n) is 4.89. The van der Waals surface area contributed by atoms with Gasteiger partial charge in [0, 0.05) is 13.7 Å². The quantitative estimate of drug-likeness (QED) is 0.633. The highest BCUT2D eigenvalue weighted by Crippen LogP contribution is 2.25. The Morgan fingerprint density at radius 2 is 2.10 bits per heavy atom. The first kappa shape index (κ1) is 15.3. The summed E-state index contributed by atoms with van der Waals surface area (Å²) in [6.45, 7) is 2.27. The largest absolute Gasteiger partial charge is 0.376 e. The summed E-state index contributed by atoms with van der Waals surface area (Å²) in [5.41, 5.74) is -1.52. The van der Waals surface area contributed by atoms with Gasteiger partial charge in [-0.3, -0.25) is 14.9 Å². The fraction of sp³-hybridized carbons (Fsp3) is 0.462. The van der Waals surface area contributed by atoms with Crippen LogP contribution in [-0.4, -0.2) is 41.5 Å². The third-order valence-electron chi connectivity index (χ3n) is 3.62. The van der Waals surface area contributed by atoms with E-state index < -0.39 is 33.7 Å². The molecule has 0 saturated carbocycles. The van der Waals surface area contributed by atoms with E-state index in [0.29, 0.717) is 25.2 Å². The lowest BCUT2D eigenvalue weighted by molar-refractivity contribution is -0.387. The summed E-state index contributed by atoms with van der Waals surface area (Å²) in [6.07, 6.45) is 0.394. The average Bonchev–Trinajstić information content (AvgIpc) is 2.85. The van der Waals surface area contributed by atoms with Gasteiger partial charge in [0.1, 0.15) is 5.82 Å². The molecule has 6 nitrogen and oxygen atoms in total. The summed E-state index contributed by atoms with van der Waals surface area (Å²) < 4.78 is 32.7. The maximum Gasteiger partial charge on any atom is 0.307 e. The van der Waals surface area contributed by atoms with Gasteiger partial charge < -0.3 is 9.64 Å². The highest BCUT2D eigenvalue weighted by atomic mass is 19.1. The van der Waals surface area contributed by atoms with Crippen molar-refractivity contribution in [3.63, 3.8) is 0 Å². The van der Waals surface area contributed by atoms with Crippen molar-refractivity contribution in [2.24, 2.45) is 0 Å². The molecule has 114 valence electrons. The summed E-state index contributed by atoms with van der Waals surface area (Å²) in [5.74, 6) is -3.09. The number of nitro groups is 1. The van der Waals surface area contributed by atoms with Gasteiger partial charge in [0.05, 0.1) is 28.7 Å². The maximum absolute atomic E-state index is 13.8. The Morgan fingerprint density at radius 3 is 2.62 bits per heavy atom. The zero-order valence-electron chi connectivity index (χ0n) is 11.5. The van der Waals surface area contributed by atoms with Crippen molar-refractivity contribution in [1.29, 1.82) is 0 Å². The van der Waals surface area contributed by atoms with E-state index in [4.69, 9.17) is 4.74 Å². The second kappa shape index (κ2) is 5.72. The highest BCUT2D eigenvalue weighted by Gasteiger charge is 2.33. The minimum absolute atomic E-state index is 0.204. The van der Waals surface area contributed by atoms with Crippen LogP contribution in [0, 0.1) is 21.7 Å². The average molecular weight is 300 g/mol. The molecule has 21 heavy (non-hydrogen) atoms. The Labute approximate surface area is 119 Å². The van der Waals surface area contributed by atoms with Gasteiger partial charge in [0.15, 0.2) is 0 Å². The van der Waals surface area contributed by atoms with Crippen LogP contribution >= 0.6 is 0 Å². The molecule has 0 aliphatic carbocycles. The molecule has 1 aliphatic heterocycles. The first-order valence-electron chi connectivity index (χ1n) is 6.35. The van der Waals surface area contributed by atoms with Crippen LogP contribution in [0.25, 0.3) is 0 Å². The molecule has 1 aromatic rings. The third kappa shape index (κ3) is 2.85. The lowest BCUT2D eigenvalue weighted by atomic mass is 10.1. The van der Waals surface area contributed by atoms with E-state index in [1.54, 1.807) is 6.92 Å². The number of amides is 1. The van der Waals surface area contributed by atoms with Crippen molar-refractivity contribution < 1.29 is 23.2 Å². The Kier molecular flexibility index (Phi) is 4.17. The van der Waals surface area contributed by atoms with E-state index >= 15 is 0 Å². The molecule has 2 rings (SSSR count). The van der Waals surface area contributed by atoms with E-state index in [9.17, 15) is 23.7 Å². The van der Waals surface area contributed by atoms with Crippen molar-refractivity contribution >= 4 is 11.6 Å². The molecule has 8 heteroatoms. The minimum atomic E-state index is -1.24. The molecule has 2 atom stereocenters. The van der Waals surface area contributed by atoms with Crippen LogP contribution in [0.5, 0.6) is 0 Å². The molecule has 0 aromatic heterocycles. The SMILES string of the molecule is CC1OCCC1N(C)C(=O)c1cc(F)c([N+](=O)[O-])cc1F. The molecular weight excluding hydrogens is 286 g/mol. The topological polar surface area (TPSA) is 72.7 Å². The fourth-order valence-electron chi connectivity index (χ4n) is 2.41. The standard InChI is InChI=1S/C13H14F2N2O4/c1-7-11(3-4-21-7)16(2)13(18)8-5-10(15)12(17(19)20)6-9(8)14/h5-7,11H,3-4H2,1-2H3. The van der Waals surface area contributed by atoms with Gasteiger partial charge in [-0.15, -0.1) is 0 Å². The molecule has 1 aliphatic rings. The van der Waals surface area contributed by atoms with Gasteiger partial charge in [0.2, 0.25) is 5.82 Å². The van der Waals surface area contributed by atoms with Crippen molar-refractivity contribution in [2.45, 2.75) is 25.5 Å². The fourth-order valence-corrected chi connectivity index (χ4v) is 2.41. The summed E-state index contributed by atoms with van der Waals surface area (Å²) in [5, 5.41) is 10.5. The third-order valence-corrected chi connectivity index (χ3v) is 3.62. The number of nitro benzene ring substituents is 1. The Bertz CT molecular complexity index is 594. The summed E-state index contributed by atoms with van der Waals surface area (Å²) in [6, 6.07) is 0.743. The number of hydrogen-bond donors (Lipinski definition) is 0. The Morgan fingerprint density at radius 1 is 1.43 bits per heavy atom. The van der Waals surface area contributed by atoms with Gasteiger partial charge in [-0.2, -0.15) is 4.39 Å². The van der Waals surface area contributed by atoms with E-state index in [1.807, 2.05) is 0 Å². The summed E-state index contributed by atoms with van der Waals surface area (Å²) >= 11 is 0. The van der Waals surface area contributed by atoms with Crippen molar-refractivity contribution in [3.8, 4) is 0 Å². The molecule has 1 fully saturated rings. The van der Waals surface area contributed by atoms with E-state index in [0.717, 1.165) is 0 Å². The van der Waals surface area contributed by atoms with Gasteiger partial charge in [-0.05, 0) is 19.4 Å². The van der Waals surface area contributed by atoms with Crippen LogP contribution in [0.3, 0.4) is 0 Å². The predicted molar refractivity (Wildman–Crippen MR) is 68.9 cm³/mol. The predicted octanol–water partition coefficient (Wildman–Crippen LogP) is 2.12. The molecule has 1 amide bonds. The van der Waals surface area contributed by atoms with Gasteiger partial charge in [0.25, 0.3) is 5.91 Å². The number of halogens is 2.